The Morgan fingerprint density at radius 3 is 2.86 bits per heavy atom. The zero-order valence-electron chi connectivity index (χ0n) is 8.42. The number of hydrogen-bond acceptors (Lipinski definition) is 1. The van der Waals surface area contributed by atoms with Crippen LogP contribution in [-0.4, -0.2) is 12.1 Å². The quantitative estimate of drug-likeness (QED) is 0.767. The lowest BCUT2D eigenvalue weighted by Gasteiger charge is -2.04. The Morgan fingerprint density at radius 1 is 1.43 bits per heavy atom. The maximum Gasteiger partial charge on any atom is 0.128 e. The summed E-state index contributed by atoms with van der Waals surface area (Å²) in [6, 6.07) is 4.03. The molecule has 0 spiro atoms. The SMILES string of the molecule is C=Cc1c[nH]c2c(C)ccc(OC)c12. The molecule has 2 rings (SSSR count). The lowest BCUT2D eigenvalue weighted by atomic mass is 10.1. The Hall–Kier alpha value is -1.70. The Morgan fingerprint density at radius 2 is 2.21 bits per heavy atom. The third-order valence-electron chi connectivity index (χ3n) is 2.48. The van der Waals surface area contributed by atoms with Crippen molar-refractivity contribution in [2.75, 3.05) is 7.11 Å². The molecule has 0 saturated carbocycles. The summed E-state index contributed by atoms with van der Waals surface area (Å²) in [6.45, 7) is 5.86. The second kappa shape index (κ2) is 3.22. The largest absolute Gasteiger partial charge is 0.496 e. The summed E-state index contributed by atoms with van der Waals surface area (Å²) in [7, 11) is 1.68. The number of aromatic amines is 1. The number of fused-ring (bicyclic) bond motifs is 1. The van der Waals surface area contributed by atoms with Crippen LogP contribution in [0.25, 0.3) is 17.0 Å². The van der Waals surface area contributed by atoms with Crippen LogP contribution in [0.3, 0.4) is 0 Å². The molecular weight excluding hydrogens is 174 g/mol. The molecule has 1 aromatic carbocycles. The molecule has 0 aliphatic rings. The fourth-order valence-corrected chi connectivity index (χ4v) is 1.71. The molecule has 2 nitrogen and oxygen atoms in total. The van der Waals surface area contributed by atoms with Crippen molar-refractivity contribution in [2.45, 2.75) is 6.92 Å². The summed E-state index contributed by atoms with van der Waals surface area (Å²) in [5.74, 6) is 0.891. The van der Waals surface area contributed by atoms with Crippen LogP contribution in [0.5, 0.6) is 5.75 Å². The minimum absolute atomic E-state index is 0.891. The van der Waals surface area contributed by atoms with E-state index in [1.165, 1.54) is 5.56 Å². The fraction of sp³-hybridized carbons (Fsp3) is 0.167. The number of ether oxygens (including phenoxy) is 1. The van der Waals surface area contributed by atoms with Gasteiger partial charge in [-0.25, -0.2) is 0 Å². The number of methoxy groups -OCH3 is 1. The number of nitrogens with one attached hydrogen (secondary N) is 1. The summed E-state index contributed by atoms with van der Waals surface area (Å²) < 4.78 is 5.32. The highest BCUT2D eigenvalue weighted by molar-refractivity contribution is 5.95. The summed E-state index contributed by atoms with van der Waals surface area (Å²) in [4.78, 5) is 3.23. The number of H-pyrrole nitrogens is 1. The molecule has 1 aromatic heterocycles. The van der Waals surface area contributed by atoms with Crippen LogP contribution < -0.4 is 4.74 Å². The third-order valence-corrected chi connectivity index (χ3v) is 2.48. The van der Waals surface area contributed by atoms with Gasteiger partial charge in [-0.15, -0.1) is 0 Å². The van der Waals surface area contributed by atoms with Gasteiger partial charge in [0.25, 0.3) is 0 Å². The fourth-order valence-electron chi connectivity index (χ4n) is 1.71. The summed E-state index contributed by atoms with van der Waals surface area (Å²) in [5, 5.41) is 1.11. The number of hydrogen-bond donors (Lipinski definition) is 1. The van der Waals surface area contributed by atoms with E-state index in [1.807, 2.05) is 24.4 Å². The van der Waals surface area contributed by atoms with E-state index in [0.29, 0.717) is 0 Å². The van der Waals surface area contributed by atoms with Crippen molar-refractivity contribution < 1.29 is 4.74 Å². The van der Waals surface area contributed by atoms with E-state index in [9.17, 15) is 0 Å². The topological polar surface area (TPSA) is 25.0 Å². The Kier molecular flexibility index (Phi) is 2.04. The average Bonchev–Trinajstić information content (AvgIpc) is 2.63. The van der Waals surface area contributed by atoms with Crippen LogP contribution in [0.1, 0.15) is 11.1 Å². The van der Waals surface area contributed by atoms with Gasteiger partial charge in [0.2, 0.25) is 0 Å². The first-order valence-electron chi connectivity index (χ1n) is 4.55. The Balaban J connectivity index is 2.88. The molecule has 0 bridgehead atoms. The second-order valence-electron chi connectivity index (χ2n) is 3.28. The molecule has 0 saturated heterocycles. The molecule has 0 radical (unpaired) electrons. The predicted molar refractivity (Wildman–Crippen MR) is 59.7 cm³/mol. The molecule has 72 valence electrons. The van der Waals surface area contributed by atoms with Crippen LogP contribution in [0.4, 0.5) is 0 Å². The summed E-state index contributed by atoms with van der Waals surface area (Å²) in [6.07, 6.45) is 3.79. The van der Waals surface area contributed by atoms with Crippen molar-refractivity contribution in [1.29, 1.82) is 0 Å². The van der Waals surface area contributed by atoms with Gasteiger partial charge in [0.15, 0.2) is 0 Å². The van der Waals surface area contributed by atoms with Crippen LogP contribution in [0.15, 0.2) is 24.9 Å². The molecule has 1 N–H and O–H groups in total. The van der Waals surface area contributed by atoms with Crippen molar-refractivity contribution in [3.63, 3.8) is 0 Å². The molecule has 2 heteroatoms. The van der Waals surface area contributed by atoms with Crippen molar-refractivity contribution in [1.82, 2.24) is 4.98 Å². The predicted octanol–water partition coefficient (Wildman–Crippen LogP) is 3.13. The highest BCUT2D eigenvalue weighted by Crippen LogP contribution is 2.31. The zero-order valence-corrected chi connectivity index (χ0v) is 8.42. The van der Waals surface area contributed by atoms with E-state index in [-0.39, 0.29) is 0 Å². The first-order chi connectivity index (χ1) is 6.77. The lowest BCUT2D eigenvalue weighted by Crippen LogP contribution is -1.85. The van der Waals surface area contributed by atoms with Gasteiger partial charge in [-0.2, -0.15) is 0 Å². The van der Waals surface area contributed by atoms with E-state index in [0.717, 1.165) is 22.2 Å². The monoisotopic (exact) mass is 187 g/mol. The van der Waals surface area contributed by atoms with Crippen molar-refractivity contribution >= 4 is 17.0 Å². The van der Waals surface area contributed by atoms with Gasteiger partial charge in [-0.1, -0.05) is 18.7 Å². The highest BCUT2D eigenvalue weighted by Gasteiger charge is 2.08. The number of aromatic nitrogens is 1. The van der Waals surface area contributed by atoms with Crippen molar-refractivity contribution in [2.24, 2.45) is 0 Å². The number of rotatable bonds is 2. The lowest BCUT2D eigenvalue weighted by molar-refractivity contribution is 0.420. The van der Waals surface area contributed by atoms with Gasteiger partial charge in [-0.3, -0.25) is 0 Å². The van der Waals surface area contributed by atoms with Gasteiger partial charge < -0.3 is 9.72 Å². The van der Waals surface area contributed by atoms with E-state index in [4.69, 9.17) is 4.74 Å². The van der Waals surface area contributed by atoms with Crippen molar-refractivity contribution in [3.8, 4) is 5.75 Å². The first-order valence-corrected chi connectivity index (χ1v) is 4.55. The Bertz CT molecular complexity index is 482. The number of aryl methyl sites for hydroxylation is 1. The maximum atomic E-state index is 5.32. The molecule has 14 heavy (non-hydrogen) atoms. The molecule has 1 heterocycles. The van der Waals surface area contributed by atoms with Gasteiger partial charge in [0.1, 0.15) is 5.75 Å². The minimum atomic E-state index is 0.891. The molecular formula is C12H13NO. The molecule has 0 aliphatic heterocycles. The molecule has 0 fully saturated rings. The summed E-state index contributed by atoms with van der Waals surface area (Å²) in [5.41, 5.74) is 3.42. The summed E-state index contributed by atoms with van der Waals surface area (Å²) >= 11 is 0. The minimum Gasteiger partial charge on any atom is -0.496 e. The highest BCUT2D eigenvalue weighted by atomic mass is 16.5. The Labute approximate surface area is 83.2 Å². The van der Waals surface area contributed by atoms with Crippen LogP contribution in [0.2, 0.25) is 0 Å². The molecule has 2 aromatic rings. The third kappa shape index (κ3) is 1.11. The van der Waals surface area contributed by atoms with Crippen LogP contribution >= 0.6 is 0 Å². The van der Waals surface area contributed by atoms with Gasteiger partial charge in [0, 0.05) is 17.1 Å². The molecule has 0 atom stereocenters. The van der Waals surface area contributed by atoms with Gasteiger partial charge in [0.05, 0.1) is 12.6 Å². The molecule has 0 amide bonds. The first kappa shape index (κ1) is 8.88. The standard InChI is InChI=1S/C12H13NO/c1-4-9-7-13-12-8(2)5-6-10(14-3)11(9)12/h4-7,13H,1H2,2-3H3. The average molecular weight is 187 g/mol. The number of benzene rings is 1. The zero-order chi connectivity index (χ0) is 10.1. The van der Waals surface area contributed by atoms with Crippen LogP contribution in [0, 0.1) is 6.92 Å². The van der Waals surface area contributed by atoms with E-state index in [1.54, 1.807) is 7.11 Å². The normalized spacial score (nSPS) is 10.4. The van der Waals surface area contributed by atoms with Crippen LogP contribution in [-0.2, 0) is 0 Å². The van der Waals surface area contributed by atoms with Gasteiger partial charge in [-0.05, 0) is 18.6 Å². The molecule has 0 aliphatic carbocycles. The van der Waals surface area contributed by atoms with E-state index >= 15 is 0 Å². The van der Waals surface area contributed by atoms with E-state index in [2.05, 4.69) is 18.5 Å². The maximum absolute atomic E-state index is 5.32. The smallest absolute Gasteiger partial charge is 0.128 e. The second-order valence-corrected chi connectivity index (χ2v) is 3.28. The molecule has 0 unspecified atom stereocenters. The van der Waals surface area contributed by atoms with E-state index < -0.39 is 0 Å². The van der Waals surface area contributed by atoms with Crippen molar-refractivity contribution in [3.05, 3.63) is 36.0 Å². The van der Waals surface area contributed by atoms with Gasteiger partial charge >= 0.3 is 0 Å².